The average molecular weight is 686 g/mol. The van der Waals surface area contributed by atoms with Crippen molar-refractivity contribution in [2.75, 3.05) is 57.3 Å². The minimum Gasteiger partial charge on any atom is -0.445 e. The second kappa shape index (κ2) is 14.7. The highest BCUT2D eigenvalue weighted by atomic mass is 19.4. The second-order valence-corrected chi connectivity index (χ2v) is 13.5. The Morgan fingerprint density at radius 3 is 2.20 bits per heavy atom. The number of urea groups is 1. The van der Waals surface area contributed by atoms with Crippen molar-refractivity contribution in [3.05, 3.63) is 59.7 Å². The smallest absolute Gasteiger partial charge is 0.445 e. The van der Waals surface area contributed by atoms with Crippen LogP contribution in [0.5, 0.6) is 5.75 Å². The lowest BCUT2D eigenvalue weighted by Crippen LogP contribution is -2.50. The van der Waals surface area contributed by atoms with Gasteiger partial charge in [0.05, 0.1) is 5.69 Å². The van der Waals surface area contributed by atoms with Gasteiger partial charge in [0.25, 0.3) is 5.91 Å². The van der Waals surface area contributed by atoms with E-state index in [4.69, 9.17) is 4.74 Å². The molecule has 0 unspecified atom stereocenters. The maximum Gasteiger partial charge on any atom is 0.573 e. The van der Waals surface area contributed by atoms with Gasteiger partial charge < -0.3 is 19.3 Å². The van der Waals surface area contributed by atoms with Gasteiger partial charge >= 0.3 is 18.5 Å². The summed E-state index contributed by atoms with van der Waals surface area (Å²) in [5.41, 5.74) is 1.07. The van der Waals surface area contributed by atoms with Crippen molar-refractivity contribution in [1.82, 2.24) is 20.0 Å². The van der Waals surface area contributed by atoms with E-state index in [1.165, 1.54) is 12.1 Å². The van der Waals surface area contributed by atoms with E-state index in [0.717, 1.165) is 74.7 Å². The number of amides is 5. The van der Waals surface area contributed by atoms with E-state index in [2.05, 4.69) is 15.0 Å². The fourth-order valence-electron chi connectivity index (χ4n) is 7.49. The number of piperidine rings is 1. The number of nitrogens with zero attached hydrogens (tertiary/aromatic N) is 4. The minimum absolute atomic E-state index is 0.0902. The van der Waals surface area contributed by atoms with Gasteiger partial charge in [-0.05, 0) is 73.6 Å². The number of carbonyl (C=O) groups is 4. The van der Waals surface area contributed by atoms with Crippen molar-refractivity contribution < 1.29 is 41.8 Å². The van der Waals surface area contributed by atoms with Gasteiger partial charge in [0.15, 0.2) is 5.75 Å². The molecule has 0 atom stereocenters. The molecule has 4 aliphatic rings. The molecule has 6 rings (SSSR count). The quantitative estimate of drug-likeness (QED) is 0.416. The van der Waals surface area contributed by atoms with E-state index >= 15 is 0 Å². The lowest BCUT2D eigenvalue weighted by molar-refractivity contribution is -0.274. The van der Waals surface area contributed by atoms with Gasteiger partial charge in [0.2, 0.25) is 5.91 Å². The molecule has 49 heavy (non-hydrogen) atoms. The molecule has 1 N–H and O–H groups in total. The minimum atomic E-state index is -5.00. The van der Waals surface area contributed by atoms with Crippen LogP contribution in [0.15, 0.2) is 48.5 Å². The Balaban J connectivity index is 0.967. The molecule has 2 aromatic rings. The summed E-state index contributed by atoms with van der Waals surface area (Å²) < 4.78 is 49.1. The Bertz CT molecular complexity index is 1510. The van der Waals surface area contributed by atoms with Gasteiger partial charge in [-0.25, -0.2) is 9.59 Å². The van der Waals surface area contributed by atoms with Crippen LogP contribution in [0.1, 0.15) is 60.9 Å². The first-order valence-electron chi connectivity index (χ1n) is 17.0. The number of alkyl halides is 3. The number of hydrogen-bond donors (Lipinski definition) is 1. The molecule has 11 nitrogen and oxygen atoms in total. The van der Waals surface area contributed by atoms with Gasteiger partial charge in [0, 0.05) is 64.3 Å². The molecule has 3 aliphatic heterocycles. The van der Waals surface area contributed by atoms with Crippen molar-refractivity contribution in [2.24, 2.45) is 11.3 Å². The van der Waals surface area contributed by atoms with Crippen LogP contribution in [0.3, 0.4) is 0 Å². The molecule has 0 aromatic heterocycles. The van der Waals surface area contributed by atoms with E-state index in [0.29, 0.717) is 32.1 Å². The predicted molar refractivity (Wildman–Crippen MR) is 173 cm³/mol. The number of hydrogen-bond acceptors (Lipinski definition) is 7. The summed E-state index contributed by atoms with van der Waals surface area (Å²) in [7, 11) is 0. The van der Waals surface area contributed by atoms with Crippen molar-refractivity contribution in [2.45, 2.75) is 57.9 Å². The van der Waals surface area contributed by atoms with Crippen LogP contribution in [0.4, 0.5) is 28.4 Å². The number of ether oxygens (including phenoxy) is 2. The summed E-state index contributed by atoms with van der Waals surface area (Å²) in [6.45, 7) is 5.18. The van der Waals surface area contributed by atoms with E-state index in [1.807, 2.05) is 30.3 Å². The van der Waals surface area contributed by atoms with Crippen LogP contribution in [0.25, 0.3) is 0 Å². The molecule has 0 radical (unpaired) electrons. The number of halogens is 3. The first kappa shape index (κ1) is 34.5. The number of rotatable bonds is 7. The molecule has 0 bridgehead atoms. The summed E-state index contributed by atoms with van der Waals surface area (Å²) in [6.07, 6.45) is 0.734. The number of piperazine rings is 1. The maximum absolute atomic E-state index is 13.5. The molecule has 1 aliphatic carbocycles. The molecule has 264 valence electrons. The third-order valence-electron chi connectivity index (χ3n) is 10.4. The first-order chi connectivity index (χ1) is 23.5. The lowest BCUT2D eigenvalue weighted by Gasteiger charge is -2.47. The van der Waals surface area contributed by atoms with Crippen LogP contribution in [0, 0.1) is 11.3 Å². The summed E-state index contributed by atoms with van der Waals surface area (Å²) in [6, 6.07) is 12.3. The van der Waals surface area contributed by atoms with Crippen LogP contribution in [0.2, 0.25) is 0 Å². The monoisotopic (exact) mass is 685 g/mol. The lowest BCUT2D eigenvalue weighted by atomic mass is 9.65. The van der Waals surface area contributed by atoms with Crippen LogP contribution in [-0.4, -0.2) is 97.4 Å². The topological polar surface area (TPSA) is 112 Å². The highest BCUT2D eigenvalue weighted by Gasteiger charge is 2.40. The molecule has 3 heterocycles. The van der Waals surface area contributed by atoms with E-state index in [-0.39, 0.29) is 48.2 Å². The zero-order valence-electron chi connectivity index (χ0n) is 27.4. The highest BCUT2D eigenvalue weighted by Crippen LogP contribution is 2.47. The SMILES string of the molecule is O=C1CCN(c2cc(C(=O)N3CCC4(CCC(CN5CCN(C(=O)OCc6ccccc6)CC5)CC4)CC3)ccc2OC(F)(F)F)C(=O)N1. The molecule has 4 fully saturated rings. The van der Waals surface area contributed by atoms with Crippen molar-refractivity contribution in [3.8, 4) is 5.75 Å². The standard InChI is InChI=1S/C35H42F3N5O6/c36-35(37,38)49-29-7-6-27(22-28(29)43-15-10-30(44)39-32(43)46)31(45)41-16-13-34(14-17-41)11-8-25(9-12-34)23-40-18-20-42(21-19-40)33(47)48-24-26-4-2-1-3-5-26/h1-7,22,25H,8-21,23-24H2,(H,39,44,46). The van der Waals surface area contributed by atoms with Gasteiger partial charge in [-0.15, -0.1) is 13.2 Å². The van der Waals surface area contributed by atoms with Gasteiger partial charge in [-0.3, -0.25) is 24.7 Å². The number of nitrogens with one attached hydrogen (secondary N) is 1. The van der Waals surface area contributed by atoms with E-state index in [9.17, 15) is 32.3 Å². The van der Waals surface area contributed by atoms with E-state index < -0.39 is 24.1 Å². The van der Waals surface area contributed by atoms with Crippen molar-refractivity contribution in [3.63, 3.8) is 0 Å². The Morgan fingerprint density at radius 2 is 1.55 bits per heavy atom. The second-order valence-electron chi connectivity index (χ2n) is 13.5. The molecule has 2 aromatic carbocycles. The predicted octanol–water partition coefficient (Wildman–Crippen LogP) is 5.40. The summed E-state index contributed by atoms with van der Waals surface area (Å²) in [4.78, 5) is 57.1. The molecule has 1 saturated carbocycles. The zero-order chi connectivity index (χ0) is 34.6. The Morgan fingerprint density at radius 1 is 0.857 bits per heavy atom. The highest BCUT2D eigenvalue weighted by molar-refractivity contribution is 6.07. The van der Waals surface area contributed by atoms with E-state index in [1.54, 1.807) is 9.80 Å². The molecule has 14 heteroatoms. The normalized spacial score (nSPS) is 20.7. The average Bonchev–Trinajstić information content (AvgIpc) is 3.09. The van der Waals surface area contributed by atoms with Crippen molar-refractivity contribution >= 4 is 29.6 Å². The number of carbonyl (C=O) groups excluding carboxylic acids is 4. The van der Waals surface area contributed by atoms with Gasteiger partial charge in [-0.1, -0.05) is 30.3 Å². The number of anilines is 1. The number of likely N-dealkylation sites (tertiary alicyclic amines) is 1. The number of imide groups is 1. The van der Waals surface area contributed by atoms with Crippen LogP contribution < -0.4 is 15.0 Å². The molecular formula is C35H42F3N5O6. The first-order valence-corrected chi connectivity index (χ1v) is 17.0. The molecule has 3 saturated heterocycles. The molecular weight excluding hydrogens is 643 g/mol. The molecule has 1 spiro atoms. The number of benzene rings is 2. The van der Waals surface area contributed by atoms with Crippen molar-refractivity contribution in [1.29, 1.82) is 0 Å². The Hall–Kier alpha value is -4.33. The van der Waals surface area contributed by atoms with Crippen LogP contribution >= 0.6 is 0 Å². The maximum atomic E-state index is 13.5. The third kappa shape index (κ3) is 8.64. The fraction of sp³-hybridized carbons (Fsp3) is 0.543. The zero-order valence-corrected chi connectivity index (χ0v) is 27.4. The Labute approximate surface area is 283 Å². The van der Waals surface area contributed by atoms with Crippen LogP contribution in [-0.2, 0) is 16.1 Å². The summed E-state index contributed by atoms with van der Waals surface area (Å²) in [5, 5.41) is 2.10. The Kier molecular flexibility index (Phi) is 10.3. The summed E-state index contributed by atoms with van der Waals surface area (Å²) in [5.74, 6) is -0.883. The molecule has 5 amide bonds. The fourth-order valence-corrected chi connectivity index (χ4v) is 7.49. The summed E-state index contributed by atoms with van der Waals surface area (Å²) >= 11 is 0. The van der Waals surface area contributed by atoms with Gasteiger partial charge in [-0.2, -0.15) is 0 Å². The third-order valence-corrected chi connectivity index (χ3v) is 10.4. The van der Waals surface area contributed by atoms with Gasteiger partial charge in [0.1, 0.15) is 6.61 Å². The largest absolute Gasteiger partial charge is 0.573 e.